The summed E-state index contributed by atoms with van der Waals surface area (Å²) < 4.78 is 0. The van der Waals surface area contributed by atoms with Gasteiger partial charge in [0.2, 0.25) is 5.91 Å². The summed E-state index contributed by atoms with van der Waals surface area (Å²) in [6.07, 6.45) is 2.64. The average Bonchev–Trinajstić information content (AvgIpc) is 2.51. The van der Waals surface area contributed by atoms with Crippen molar-refractivity contribution >= 4 is 34.1 Å². The van der Waals surface area contributed by atoms with Gasteiger partial charge in [0, 0.05) is 28.8 Å². The maximum Gasteiger partial charge on any atom is 0.242 e. The molecule has 0 aliphatic heterocycles. The smallest absolute Gasteiger partial charge is 0.242 e. The minimum atomic E-state index is -0.323. The predicted octanol–water partition coefficient (Wildman–Crippen LogP) is 2.76. The van der Waals surface area contributed by atoms with Gasteiger partial charge in [-0.2, -0.15) is 0 Å². The Bertz CT molecular complexity index is 675. The first-order chi connectivity index (χ1) is 11.0. The number of rotatable bonds is 7. The van der Waals surface area contributed by atoms with Crippen molar-refractivity contribution in [2.75, 3.05) is 32.5 Å². The summed E-state index contributed by atoms with van der Waals surface area (Å²) in [5.41, 5.74) is 1.68. The molecule has 1 heterocycles. The van der Waals surface area contributed by atoms with Gasteiger partial charge in [0.25, 0.3) is 0 Å². The Labute approximate surface area is 142 Å². The Morgan fingerprint density at radius 1 is 1.35 bits per heavy atom. The van der Waals surface area contributed by atoms with E-state index in [1.54, 1.807) is 6.20 Å². The number of hydrogen-bond acceptors (Lipinski definition) is 4. The topological polar surface area (TPSA) is 57.3 Å². The summed E-state index contributed by atoms with van der Waals surface area (Å²) in [4.78, 5) is 18.6. The molecule has 2 N–H and O–H groups in total. The number of hydrogen-bond donors (Lipinski definition) is 2. The molecule has 1 atom stereocenters. The summed E-state index contributed by atoms with van der Waals surface area (Å²) in [6.45, 7) is 3.48. The van der Waals surface area contributed by atoms with Crippen LogP contribution in [0.3, 0.4) is 0 Å². The van der Waals surface area contributed by atoms with Crippen LogP contribution in [-0.2, 0) is 4.79 Å². The molecule has 1 aromatic heterocycles. The van der Waals surface area contributed by atoms with E-state index in [1.165, 1.54) is 0 Å². The highest BCUT2D eigenvalue weighted by Gasteiger charge is 2.13. The van der Waals surface area contributed by atoms with E-state index in [9.17, 15) is 4.79 Å². The van der Waals surface area contributed by atoms with Gasteiger partial charge in [-0.1, -0.05) is 11.6 Å². The van der Waals surface area contributed by atoms with Gasteiger partial charge in [0.05, 0.1) is 5.52 Å². The fraction of sp³-hybridized carbons (Fsp3) is 0.412. The molecule has 124 valence electrons. The molecule has 0 spiro atoms. The predicted molar refractivity (Wildman–Crippen MR) is 96.0 cm³/mol. The van der Waals surface area contributed by atoms with Crippen molar-refractivity contribution in [3.05, 3.63) is 35.5 Å². The molecule has 0 saturated carbocycles. The zero-order valence-corrected chi connectivity index (χ0v) is 14.5. The lowest BCUT2D eigenvalue weighted by Gasteiger charge is -2.17. The lowest BCUT2D eigenvalue weighted by molar-refractivity contribution is -0.121. The van der Waals surface area contributed by atoms with Crippen LogP contribution in [0.4, 0.5) is 5.69 Å². The third-order valence-electron chi connectivity index (χ3n) is 3.55. The van der Waals surface area contributed by atoms with Crippen molar-refractivity contribution in [3.63, 3.8) is 0 Å². The second-order valence-corrected chi connectivity index (χ2v) is 6.27. The first-order valence-electron chi connectivity index (χ1n) is 7.70. The van der Waals surface area contributed by atoms with E-state index in [-0.39, 0.29) is 11.9 Å². The van der Waals surface area contributed by atoms with Gasteiger partial charge < -0.3 is 15.5 Å². The maximum absolute atomic E-state index is 12.2. The van der Waals surface area contributed by atoms with E-state index < -0.39 is 0 Å². The lowest BCUT2D eigenvalue weighted by Crippen LogP contribution is -2.38. The van der Waals surface area contributed by atoms with Crippen LogP contribution in [0.1, 0.15) is 13.3 Å². The molecular formula is C17H23ClN4O. The van der Waals surface area contributed by atoms with Gasteiger partial charge in [0.15, 0.2) is 0 Å². The lowest BCUT2D eigenvalue weighted by atomic mass is 10.1. The number of fused-ring (bicyclic) bond motifs is 1. The van der Waals surface area contributed by atoms with E-state index in [0.717, 1.165) is 29.6 Å². The first kappa shape index (κ1) is 17.5. The van der Waals surface area contributed by atoms with Crippen LogP contribution in [0.15, 0.2) is 30.5 Å². The maximum atomic E-state index is 12.2. The number of halogens is 1. The third-order valence-corrected chi connectivity index (χ3v) is 3.79. The third kappa shape index (κ3) is 5.08. The fourth-order valence-corrected chi connectivity index (χ4v) is 2.47. The van der Waals surface area contributed by atoms with E-state index in [4.69, 9.17) is 11.6 Å². The Balaban J connectivity index is 1.97. The highest BCUT2D eigenvalue weighted by Crippen LogP contribution is 2.24. The van der Waals surface area contributed by atoms with Gasteiger partial charge in [0.1, 0.15) is 6.04 Å². The molecule has 0 unspecified atom stereocenters. The molecule has 5 nitrogen and oxygen atoms in total. The number of carbonyl (C=O) groups is 1. The molecule has 1 aromatic carbocycles. The van der Waals surface area contributed by atoms with Gasteiger partial charge in [-0.15, -0.1) is 0 Å². The Hall–Kier alpha value is -1.85. The quantitative estimate of drug-likeness (QED) is 0.764. The van der Waals surface area contributed by atoms with Crippen molar-refractivity contribution in [1.29, 1.82) is 0 Å². The number of anilines is 1. The molecule has 0 aliphatic carbocycles. The van der Waals surface area contributed by atoms with Crippen LogP contribution in [0.5, 0.6) is 0 Å². The Morgan fingerprint density at radius 3 is 2.87 bits per heavy atom. The molecule has 1 amide bonds. The van der Waals surface area contributed by atoms with Gasteiger partial charge in [-0.05, 0) is 58.3 Å². The van der Waals surface area contributed by atoms with Crippen LogP contribution in [-0.4, -0.2) is 49.0 Å². The highest BCUT2D eigenvalue weighted by molar-refractivity contribution is 6.31. The molecule has 0 saturated heterocycles. The van der Waals surface area contributed by atoms with E-state index in [2.05, 4.69) is 20.5 Å². The zero-order valence-electron chi connectivity index (χ0n) is 13.8. The van der Waals surface area contributed by atoms with E-state index >= 15 is 0 Å². The molecule has 23 heavy (non-hydrogen) atoms. The number of benzene rings is 1. The van der Waals surface area contributed by atoms with E-state index in [1.807, 2.05) is 45.3 Å². The average molecular weight is 335 g/mol. The monoisotopic (exact) mass is 334 g/mol. The number of pyridine rings is 1. The molecule has 6 heteroatoms. The Morgan fingerprint density at radius 2 is 2.13 bits per heavy atom. The van der Waals surface area contributed by atoms with Gasteiger partial charge in [-0.3, -0.25) is 9.78 Å². The zero-order chi connectivity index (χ0) is 16.8. The van der Waals surface area contributed by atoms with E-state index in [0.29, 0.717) is 11.6 Å². The number of nitrogens with one attached hydrogen (secondary N) is 2. The minimum absolute atomic E-state index is 0.0114. The van der Waals surface area contributed by atoms with Gasteiger partial charge >= 0.3 is 0 Å². The summed E-state index contributed by atoms with van der Waals surface area (Å²) in [5, 5.41) is 7.79. The first-order valence-corrected chi connectivity index (χ1v) is 8.08. The van der Waals surface area contributed by atoms with Gasteiger partial charge in [-0.25, -0.2) is 0 Å². The molecule has 2 aromatic rings. The van der Waals surface area contributed by atoms with Crippen LogP contribution >= 0.6 is 11.6 Å². The fourth-order valence-electron chi connectivity index (χ4n) is 2.31. The second-order valence-electron chi connectivity index (χ2n) is 5.83. The molecule has 0 radical (unpaired) electrons. The number of aromatic nitrogens is 1. The number of amides is 1. The van der Waals surface area contributed by atoms with Crippen molar-refractivity contribution < 1.29 is 4.79 Å². The van der Waals surface area contributed by atoms with Crippen LogP contribution in [0.2, 0.25) is 5.02 Å². The van der Waals surface area contributed by atoms with Crippen molar-refractivity contribution in [2.45, 2.75) is 19.4 Å². The minimum Gasteiger partial charge on any atom is -0.373 e. The molecular weight excluding hydrogens is 312 g/mol. The SMILES string of the molecule is C[C@H](Nc1ccnc2cc(Cl)ccc12)C(=O)NCCCN(C)C. The molecule has 0 fully saturated rings. The largest absolute Gasteiger partial charge is 0.373 e. The molecule has 2 rings (SSSR count). The summed E-state index contributed by atoms with van der Waals surface area (Å²) in [7, 11) is 4.04. The standard InChI is InChI=1S/C17H23ClN4O/c1-12(17(23)20-8-4-10-22(2)3)21-15-7-9-19-16-11-13(18)5-6-14(15)16/h5-7,9,11-12H,4,8,10H2,1-3H3,(H,19,21)(H,20,23)/t12-/m0/s1. The van der Waals surface area contributed by atoms with Crippen LogP contribution < -0.4 is 10.6 Å². The normalized spacial score (nSPS) is 12.4. The number of nitrogens with zero attached hydrogens (tertiary/aromatic N) is 2. The summed E-state index contributed by atoms with van der Waals surface area (Å²) in [6, 6.07) is 7.09. The van der Waals surface area contributed by atoms with Crippen molar-refractivity contribution in [2.24, 2.45) is 0 Å². The number of carbonyl (C=O) groups excluding carboxylic acids is 1. The summed E-state index contributed by atoms with van der Waals surface area (Å²) in [5.74, 6) is -0.0114. The second kappa shape index (κ2) is 8.13. The van der Waals surface area contributed by atoms with Crippen LogP contribution in [0.25, 0.3) is 10.9 Å². The molecule has 0 aliphatic rings. The van der Waals surface area contributed by atoms with Crippen molar-refractivity contribution in [1.82, 2.24) is 15.2 Å². The molecule has 0 bridgehead atoms. The Kier molecular flexibility index (Phi) is 6.19. The highest BCUT2D eigenvalue weighted by atomic mass is 35.5. The van der Waals surface area contributed by atoms with Crippen molar-refractivity contribution in [3.8, 4) is 0 Å². The van der Waals surface area contributed by atoms with Crippen LogP contribution in [0, 0.1) is 0 Å². The summed E-state index contributed by atoms with van der Waals surface area (Å²) >= 11 is 5.99.